The van der Waals surface area contributed by atoms with E-state index in [2.05, 4.69) is 5.32 Å². The van der Waals surface area contributed by atoms with Crippen molar-refractivity contribution < 1.29 is 18.7 Å². The highest BCUT2D eigenvalue weighted by Gasteiger charge is 2.51. The summed E-state index contributed by atoms with van der Waals surface area (Å²) >= 11 is 0. The number of ether oxygens (including phenoxy) is 1. The lowest BCUT2D eigenvalue weighted by atomic mass is 9.53. The van der Waals surface area contributed by atoms with Gasteiger partial charge < -0.3 is 14.5 Å². The van der Waals surface area contributed by atoms with Crippen molar-refractivity contribution in [3.8, 4) is 0 Å². The summed E-state index contributed by atoms with van der Waals surface area (Å²) in [6.45, 7) is 1.63. The van der Waals surface area contributed by atoms with Gasteiger partial charge in [-0.3, -0.25) is 4.79 Å². The van der Waals surface area contributed by atoms with E-state index in [0.717, 1.165) is 37.0 Å². The van der Waals surface area contributed by atoms with Gasteiger partial charge in [-0.2, -0.15) is 0 Å². The third-order valence-corrected chi connectivity index (χ3v) is 6.02. The zero-order valence-electron chi connectivity index (χ0n) is 14.6. The Morgan fingerprint density at radius 1 is 1.24 bits per heavy atom. The molecule has 0 spiro atoms. The summed E-state index contributed by atoms with van der Waals surface area (Å²) < 4.78 is 10.4. The lowest BCUT2D eigenvalue weighted by Crippen LogP contribution is -2.61. The number of carbonyl (C=O) groups is 2. The number of esters is 1. The zero-order valence-corrected chi connectivity index (χ0v) is 14.6. The molecule has 5 heteroatoms. The minimum Gasteiger partial charge on any atom is -0.465 e. The summed E-state index contributed by atoms with van der Waals surface area (Å²) in [5.74, 6) is 2.15. The summed E-state index contributed by atoms with van der Waals surface area (Å²) in [4.78, 5) is 24.5. The minimum atomic E-state index is -0.790. The van der Waals surface area contributed by atoms with Gasteiger partial charge in [-0.05, 0) is 81.4 Å². The Labute approximate surface area is 147 Å². The van der Waals surface area contributed by atoms with E-state index in [0.29, 0.717) is 5.76 Å². The fourth-order valence-corrected chi connectivity index (χ4v) is 5.43. The molecule has 0 radical (unpaired) electrons. The zero-order chi connectivity index (χ0) is 17.4. The smallest absolute Gasteiger partial charge is 0.331 e. The molecule has 4 aliphatic carbocycles. The molecule has 1 amide bonds. The van der Waals surface area contributed by atoms with Gasteiger partial charge in [0.05, 0.1) is 6.26 Å². The Balaban J connectivity index is 1.32. The average molecular weight is 343 g/mol. The van der Waals surface area contributed by atoms with Gasteiger partial charge in [0, 0.05) is 11.6 Å². The number of furan rings is 1. The first-order chi connectivity index (χ1) is 12.0. The molecule has 1 aromatic heterocycles. The Morgan fingerprint density at radius 3 is 2.44 bits per heavy atom. The standard InChI is InChI=1S/C20H25NO4/c1-13(25-18(22)5-4-17-3-2-6-24-17)19(23)21-20-10-14-7-15(11-20)9-16(8-14)12-20/h2-6,13-16H,7-12H2,1H3,(H,21,23)/b5-4+/t13-,14?,15?,16?,20?/m1/s1. The number of amides is 1. The predicted octanol–water partition coefficient (Wildman–Crippen LogP) is 3.31. The summed E-state index contributed by atoms with van der Waals surface area (Å²) in [5, 5.41) is 3.24. The second kappa shape index (κ2) is 6.36. The Hall–Kier alpha value is -2.04. The second-order valence-corrected chi connectivity index (χ2v) is 8.12. The maximum absolute atomic E-state index is 12.6. The monoisotopic (exact) mass is 343 g/mol. The quantitative estimate of drug-likeness (QED) is 0.658. The van der Waals surface area contributed by atoms with Crippen LogP contribution in [0, 0.1) is 17.8 Å². The predicted molar refractivity (Wildman–Crippen MR) is 92.3 cm³/mol. The van der Waals surface area contributed by atoms with Crippen LogP contribution < -0.4 is 5.32 Å². The van der Waals surface area contributed by atoms with Crippen molar-refractivity contribution in [3.05, 3.63) is 30.2 Å². The van der Waals surface area contributed by atoms with Gasteiger partial charge in [-0.1, -0.05) is 0 Å². The van der Waals surface area contributed by atoms with Crippen LogP contribution in [-0.2, 0) is 14.3 Å². The van der Waals surface area contributed by atoms with Crippen molar-refractivity contribution in [2.75, 3.05) is 0 Å². The number of carbonyl (C=O) groups excluding carboxylic acids is 2. The minimum absolute atomic E-state index is 0.0590. The molecule has 0 unspecified atom stereocenters. The molecule has 0 aromatic carbocycles. The molecule has 25 heavy (non-hydrogen) atoms. The van der Waals surface area contributed by atoms with E-state index in [1.165, 1.54) is 37.7 Å². The molecule has 0 aliphatic heterocycles. The molecule has 5 nitrogen and oxygen atoms in total. The van der Waals surface area contributed by atoms with Crippen LogP contribution in [0.1, 0.15) is 51.2 Å². The maximum atomic E-state index is 12.6. The van der Waals surface area contributed by atoms with Gasteiger partial charge in [0.1, 0.15) is 5.76 Å². The molecule has 1 heterocycles. The first-order valence-corrected chi connectivity index (χ1v) is 9.25. The molecule has 1 atom stereocenters. The lowest BCUT2D eigenvalue weighted by Gasteiger charge is -2.57. The van der Waals surface area contributed by atoms with Gasteiger partial charge in [0.15, 0.2) is 6.10 Å². The van der Waals surface area contributed by atoms with E-state index < -0.39 is 12.1 Å². The molecule has 4 saturated carbocycles. The van der Waals surface area contributed by atoms with Crippen molar-refractivity contribution >= 4 is 18.0 Å². The molecular weight excluding hydrogens is 318 g/mol. The van der Waals surface area contributed by atoms with Crippen LogP contribution in [-0.4, -0.2) is 23.5 Å². The SMILES string of the molecule is C[C@@H](OC(=O)/C=C/c1ccco1)C(=O)NC12CC3CC(CC(C3)C1)C2. The van der Waals surface area contributed by atoms with Crippen molar-refractivity contribution in [3.63, 3.8) is 0 Å². The molecule has 1 N–H and O–H groups in total. The van der Waals surface area contributed by atoms with E-state index in [-0.39, 0.29) is 11.4 Å². The molecule has 1 aromatic rings. The van der Waals surface area contributed by atoms with E-state index in [9.17, 15) is 9.59 Å². The number of nitrogens with one attached hydrogen (secondary N) is 1. The Morgan fingerprint density at radius 2 is 1.88 bits per heavy atom. The summed E-state index contributed by atoms with van der Waals surface area (Å²) in [7, 11) is 0. The van der Waals surface area contributed by atoms with Crippen LogP contribution in [0.15, 0.2) is 28.9 Å². The average Bonchev–Trinajstić information content (AvgIpc) is 3.04. The number of hydrogen-bond acceptors (Lipinski definition) is 4. The van der Waals surface area contributed by atoms with E-state index in [1.54, 1.807) is 19.1 Å². The normalized spacial score (nSPS) is 34.2. The van der Waals surface area contributed by atoms with Crippen LogP contribution in [0.4, 0.5) is 0 Å². The van der Waals surface area contributed by atoms with Crippen molar-refractivity contribution in [2.45, 2.75) is 57.1 Å². The van der Waals surface area contributed by atoms with Crippen molar-refractivity contribution in [1.82, 2.24) is 5.32 Å². The van der Waals surface area contributed by atoms with Crippen LogP contribution in [0.5, 0.6) is 0 Å². The lowest BCUT2D eigenvalue weighted by molar-refractivity contribution is -0.152. The molecule has 134 valence electrons. The largest absolute Gasteiger partial charge is 0.465 e. The van der Waals surface area contributed by atoms with E-state index in [1.807, 2.05) is 0 Å². The maximum Gasteiger partial charge on any atom is 0.331 e. The van der Waals surface area contributed by atoms with Gasteiger partial charge in [0.25, 0.3) is 5.91 Å². The molecule has 4 bridgehead atoms. The first kappa shape index (κ1) is 16.4. The van der Waals surface area contributed by atoms with Gasteiger partial charge in [0.2, 0.25) is 0 Å². The molecule has 5 rings (SSSR count). The molecule has 4 fully saturated rings. The highest BCUT2D eigenvalue weighted by molar-refractivity contribution is 5.90. The van der Waals surface area contributed by atoms with Crippen LogP contribution in [0.25, 0.3) is 6.08 Å². The topological polar surface area (TPSA) is 68.5 Å². The Kier molecular flexibility index (Phi) is 4.18. The van der Waals surface area contributed by atoms with Crippen LogP contribution in [0.3, 0.4) is 0 Å². The van der Waals surface area contributed by atoms with Crippen molar-refractivity contribution in [1.29, 1.82) is 0 Å². The highest BCUT2D eigenvalue weighted by atomic mass is 16.5. The van der Waals surface area contributed by atoms with Gasteiger partial charge in [-0.25, -0.2) is 4.79 Å². The van der Waals surface area contributed by atoms with Crippen LogP contribution >= 0.6 is 0 Å². The fraction of sp³-hybridized carbons (Fsp3) is 0.600. The van der Waals surface area contributed by atoms with E-state index >= 15 is 0 Å². The first-order valence-electron chi connectivity index (χ1n) is 9.25. The molecular formula is C20H25NO4. The van der Waals surface area contributed by atoms with Crippen LogP contribution in [0.2, 0.25) is 0 Å². The Bertz CT molecular complexity index is 641. The van der Waals surface area contributed by atoms with Crippen molar-refractivity contribution in [2.24, 2.45) is 17.8 Å². The van der Waals surface area contributed by atoms with E-state index in [4.69, 9.17) is 9.15 Å². The summed E-state index contributed by atoms with van der Waals surface area (Å²) in [6, 6.07) is 3.49. The second-order valence-electron chi connectivity index (χ2n) is 8.12. The third kappa shape index (κ3) is 3.51. The summed E-state index contributed by atoms with van der Waals surface area (Å²) in [6.07, 6.45) is 10.8. The molecule has 4 aliphatic rings. The third-order valence-electron chi connectivity index (χ3n) is 6.02. The van der Waals surface area contributed by atoms with Gasteiger partial charge >= 0.3 is 5.97 Å². The highest BCUT2D eigenvalue weighted by Crippen LogP contribution is 2.55. The number of hydrogen-bond donors (Lipinski definition) is 1. The fourth-order valence-electron chi connectivity index (χ4n) is 5.43. The van der Waals surface area contributed by atoms with Gasteiger partial charge in [-0.15, -0.1) is 0 Å². The number of rotatable bonds is 5. The summed E-state index contributed by atoms with van der Waals surface area (Å²) in [5.41, 5.74) is -0.0590. The molecule has 0 saturated heterocycles.